The first-order chi connectivity index (χ1) is 11.6. The van der Waals surface area contributed by atoms with Crippen LogP contribution in [-0.2, 0) is 10.0 Å². The zero-order chi connectivity index (χ0) is 17.0. The van der Waals surface area contributed by atoms with Crippen molar-refractivity contribution in [1.29, 1.82) is 5.26 Å². The molecule has 0 aliphatic heterocycles. The third kappa shape index (κ3) is 3.42. The average Bonchev–Trinajstić information content (AvgIpc) is 2.62. The number of hydrogen-bond acceptors (Lipinski definition) is 4. The van der Waals surface area contributed by atoms with Crippen molar-refractivity contribution in [2.75, 3.05) is 4.72 Å². The van der Waals surface area contributed by atoms with E-state index in [-0.39, 0.29) is 4.90 Å². The molecule has 6 heteroatoms. The van der Waals surface area contributed by atoms with Crippen LogP contribution in [0.2, 0.25) is 0 Å². The normalized spacial score (nSPS) is 10.8. The van der Waals surface area contributed by atoms with Gasteiger partial charge in [-0.2, -0.15) is 5.26 Å². The van der Waals surface area contributed by atoms with Crippen LogP contribution in [0.25, 0.3) is 11.1 Å². The fourth-order valence-electron chi connectivity index (χ4n) is 2.23. The van der Waals surface area contributed by atoms with Gasteiger partial charge in [0.15, 0.2) is 0 Å². The van der Waals surface area contributed by atoms with Gasteiger partial charge < -0.3 is 0 Å². The van der Waals surface area contributed by atoms with Crippen LogP contribution in [-0.4, -0.2) is 13.4 Å². The quantitative estimate of drug-likeness (QED) is 0.792. The summed E-state index contributed by atoms with van der Waals surface area (Å²) >= 11 is 0. The van der Waals surface area contributed by atoms with Gasteiger partial charge in [-0.15, -0.1) is 0 Å². The molecule has 3 aromatic rings. The van der Waals surface area contributed by atoms with E-state index in [0.717, 1.165) is 11.1 Å². The smallest absolute Gasteiger partial charge is 0.261 e. The molecule has 0 unspecified atom stereocenters. The molecule has 24 heavy (non-hydrogen) atoms. The molecule has 1 aromatic heterocycles. The molecule has 1 N–H and O–H groups in total. The molecule has 118 valence electrons. The Morgan fingerprint density at radius 2 is 1.75 bits per heavy atom. The largest absolute Gasteiger partial charge is 0.280 e. The Morgan fingerprint density at radius 3 is 2.42 bits per heavy atom. The highest BCUT2D eigenvalue weighted by Crippen LogP contribution is 2.22. The van der Waals surface area contributed by atoms with Crippen molar-refractivity contribution in [3.63, 3.8) is 0 Å². The van der Waals surface area contributed by atoms with Gasteiger partial charge in [0.2, 0.25) is 0 Å². The summed E-state index contributed by atoms with van der Waals surface area (Å²) in [5, 5.41) is 8.88. The van der Waals surface area contributed by atoms with Gasteiger partial charge in [0.05, 0.1) is 22.2 Å². The Labute approximate surface area is 140 Å². The zero-order valence-corrected chi connectivity index (χ0v) is 13.4. The van der Waals surface area contributed by atoms with Crippen LogP contribution in [0, 0.1) is 11.3 Å². The maximum atomic E-state index is 12.4. The van der Waals surface area contributed by atoms with Gasteiger partial charge in [0, 0.05) is 12.4 Å². The van der Waals surface area contributed by atoms with Gasteiger partial charge in [-0.05, 0) is 47.5 Å². The molecule has 0 bridgehead atoms. The molecule has 2 aromatic carbocycles. The molecule has 0 spiro atoms. The number of sulfonamides is 1. The topological polar surface area (TPSA) is 82.9 Å². The van der Waals surface area contributed by atoms with Crippen LogP contribution in [0.4, 0.5) is 5.69 Å². The highest BCUT2D eigenvalue weighted by Gasteiger charge is 2.14. The number of nitrogens with zero attached hydrogens (tertiary/aromatic N) is 2. The molecule has 0 aliphatic carbocycles. The van der Waals surface area contributed by atoms with E-state index < -0.39 is 10.0 Å². The van der Waals surface area contributed by atoms with Gasteiger partial charge in [-0.1, -0.05) is 24.3 Å². The molecule has 0 radical (unpaired) electrons. The third-order valence-electron chi connectivity index (χ3n) is 3.40. The Hall–Kier alpha value is -3.17. The summed E-state index contributed by atoms with van der Waals surface area (Å²) in [5.41, 5.74) is 2.54. The van der Waals surface area contributed by atoms with E-state index >= 15 is 0 Å². The van der Waals surface area contributed by atoms with Crippen LogP contribution < -0.4 is 4.72 Å². The van der Waals surface area contributed by atoms with E-state index in [2.05, 4.69) is 9.71 Å². The minimum atomic E-state index is -3.71. The van der Waals surface area contributed by atoms with Crippen molar-refractivity contribution in [3.05, 3.63) is 78.6 Å². The lowest BCUT2D eigenvalue weighted by Crippen LogP contribution is -2.12. The Morgan fingerprint density at radius 1 is 0.958 bits per heavy atom. The van der Waals surface area contributed by atoms with Crippen LogP contribution in [0.15, 0.2) is 78.0 Å². The Kier molecular flexibility index (Phi) is 4.27. The Balaban J connectivity index is 1.86. The number of rotatable bonds is 4. The van der Waals surface area contributed by atoms with E-state index in [1.807, 2.05) is 18.2 Å². The molecular weight excluding hydrogens is 322 g/mol. The highest BCUT2D eigenvalue weighted by molar-refractivity contribution is 7.92. The lowest BCUT2D eigenvalue weighted by molar-refractivity contribution is 0.601. The highest BCUT2D eigenvalue weighted by atomic mass is 32.2. The van der Waals surface area contributed by atoms with Gasteiger partial charge in [0.1, 0.15) is 0 Å². The van der Waals surface area contributed by atoms with Crippen molar-refractivity contribution in [3.8, 4) is 17.2 Å². The second-order valence-electron chi connectivity index (χ2n) is 5.06. The fraction of sp³-hybridized carbons (Fsp3) is 0. The summed E-state index contributed by atoms with van der Waals surface area (Å²) in [6.07, 6.45) is 3.40. The van der Waals surface area contributed by atoms with E-state index in [0.29, 0.717) is 11.3 Å². The van der Waals surface area contributed by atoms with Gasteiger partial charge >= 0.3 is 0 Å². The average molecular weight is 335 g/mol. The third-order valence-corrected chi connectivity index (χ3v) is 4.80. The molecule has 0 atom stereocenters. The SMILES string of the molecule is N#Cc1cccc(NS(=O)(=O)c2ccc(-c3cccnc3)cc2)c1. The van der Waals surface area contributed by atoms with Crippen molar-refractivity contribution in [2.24, 2.45) is 0 Å². The first-order valence-electron chi connectivity index (χ1n) is 7.12. The van der Waals surface area contributed by atoms with Crippen molar-refractivity contribution in [2.45, 2.75) is 4.90 Å². The number of aromatic nitrogens is 1. The summed E-state index contributed by atoms with van der Waals surface area (Å²) in [6.45, 7) is 0. The molecule has 0 amide bonds. The van der Waals surface area contributed by atoms with Gasteiger partial charge in [-0.3, -0.25) is 9.71 Å². The van der Waals surface area contributed by atoms with Crippen LogP contribution in [0.1, 0.15) is 5.56 Å². The number of hydrogen-bond donors (Lipinski definition) is 1. The molecule has 0 fully saturated rings. The predicted octanol–water partition coefficient (Wildman–Crippen LogP) is 3.42. The summed E-state index contributed by atoms with van der Waals surface area (Å²) in [5.74, 6) is 0. The number of anilines is 1. The van der Waals surface area contributed by atoms with E-state index in [1.165, 1.54) is 6.07 Å². The molecule has 0 saturated carbocycles. The maximum Gasteiger partial charge on any atom is 0.261 e. The van der Waals surface area contributed by atoms with Gasteiger partial charge in [-0.25, -0.2) is 8.42 Å². The van der Waals surface area contributed by atoms with E-state index in [9.17, 15) is 8.42 Å². The Bertz CT molecular complexity index is 992. The summed E-state index contributed by atoms with van der Waals surface area (Å²) in [6, 6.07) is 18.6. The number of benzene rings is 2. The lowest BCUT2D eigenvalue weighted by atomic mass is 10.1. The molecular formula is C18H13N3O2S. The monoisotopic (exact) mass is 335 g/mol. The summed E-state index contributed by atoms with van der Waals surface area (Å²) < 4.78 is 27.4. The number of nitriles is 1. The first kappa shape index (κ1) is 15.7. The molecule has 0 saturated heterocycles. The minimum absolute atomic E-state index is 0.150. The summed E-state index contributed by atoms with van der Waals surface area (Å²) in [7, 11) is -3.71. The van der Waals surface area contributed by atoms with E-state index in [1.54, 1.807) is 54.9 Å². The van der Waals surface area contributed by atoms with E-state index in [4.69, 9.17) is 5.26 Å². The fourth-order valence-corrected chi connectivity index (χ4v) is 3.28. The standard InChI is InChI=1S/C18H13N3O2S/c19-12-14-3-1-5-17(11-14)21-24(22,23)18-8-6-15(7-9-18)16-4-2-10-20-13-16/h1-11,13,21H. The number of nitrogens with one attached hydrogen (secondary N) is 1. The molecule has 3 rings (SSSR count). The minimum Gasteiger partial charge on any atom is -0.280 e. The van der Waals surface area contributed by atoms with Crippen LogP contribution in [0.5, 0.6) is 0 Å². The second-order valence-corrected chi connectivity index (χ2v) is 6.75. The van der Waals surface area contributed by atoms with Crippen LogP contribution >= 0.6 is 0 Å². The second kappa shape index (κ2) is 6.52. The predicted molar refractivity (Wildman–Crippen MR) is 91.6 cm³/mol. The molecule has 5 nitrogen and oxygen atoms in total. The first-order valence-corrected chi connectivity index (χ1v) is 8.60. The number of pyridine rings is 1. The summed E-state index contributed by atoms with van der Waals surface area (Å²) in [4.78, 5) is 4.20. The zero-order valence-electron chi connectivity index (χ0n) is 12.5. The van der Waals surface area contributed by atoms with Crippen LogP contribution in [0.3, 0.4) is 0 Å². The van der Waals surface area contributed by atoms with Crippen molar-refractivity contribution >= 4 is 15.7 Å². The molecule has 0 aliphatic rings. The van der Waals surface area contributed by atoms with Crippen molar-refractivity contribution in [1.82, 2.24) is 4.98 Å². The molecule has 1 heterocycles. The maximum absolute atomic E-state index is 12.4. The van der Waals surface area contributed by atoms with Crippen molar-refractivity contribution < 1.29 is 8.42 Å². The lowest BCUT2D eigenvalue weighted by Gasteiger charge is -2.09. The van der Waals surface area contributed by atoms with Gasteiger partial charge in [0.25, 0.3) is 10.0 Å².